The van der Waals surface area contributed by atoms with E-state index in [0.29, 0.717) is 13.2 Å². The standard InChI is InChI=1S/C21H21NO5/c23-10-19-20-25-11-13(27-20)9-22(19)21(24)26-12-18-16-7-3-1-5-14(16)15-6-2-4-8-17(15)18/h1-8,13,18-20,23H,9-12H2/t13-,19+,20+/m0/s1. The summed E-state index contributed by atoms with van der Waals surface area (Å²) in [7, 11) is 0. The highest BCUT2D eigenvalue weighted by Crippen LogP contribution is 2.44. The molecule has 5 rings (SSSR count). The number of carbonyl (C=O) groups excluding carboxylic acids is 1. The van der Waals surface area contributed by atoms with Gasteiger partial charge in [0.2, 0.25) is 0 Å². The number of benzene rings is 2. The zero-order chi connectivity index (χ0) is 18.4. The van der Waals surface area contributed by atoms with Crippen molar-refractivity contribution in [3.63, 3.8) is 0 Å². The second-order valence-electron chi connectivity index (χ2n) is 7.17. The Morgan fingerprint density at radius 2 is 1.78 bits per heavy atom. The third-order valence-electron chi connectivity index (χ3n) is 5.65. The van der Waals surface area contributed by atoms with Gasteiger partial charge in [0, 0.05) is 5.92 Å². The van der Waals surface area contributed by atoms with E-state index >= 15 is 0 Å². The highest BCUT2D eigenvalue weighted by atomic mass is 16.7. The molecular formula is C21H21NO5. The van der Waals surface area contributed by atoms with Gasteiger partial charge in [-0.3, -0.25) is 4.90 Å². The molecule has 1 aliphatic carbocycles. The molecule has 3 atom stereocenters. The van der Waals surface area contributed by atoms with Gasteiger partial charge in [-0.1, -0.05) is 48.5 Å². The minimum absolute atomic E-state index is 0.0166. The molecule has 3 aliphatic rings. The molecule has 1 N–H and O–H groups in total. The average molecular weight is 367 g/mol. The van der Waals surface area contributed by atoms with Gasteiger partial charge in [-0.2, -0.15) is 0 Å². The van der Waals surface area contributed by atoms with Crippen LogP contribution in [0, 0.1) is 0 Å². The predicted octanol–water partition coefficient (Wildman–Crippen LogP) is 2.35. The Morgan fingerprint density at radius 1 is 1.11 bits per heavy atom. The number of nitrogens with zero attached hydrogens (tertiary/aromatic N) is 1. The van der Waals surface area contributed by atoms with Gasteiger partial charge in [0.25, 0.3) is 0 Å². The fourth-order valence-electron chi connectivity index (χ4n) is 4.34. The number of carbonyl (C=O) groups is 1. The van der Waals surface area contributed by atoms with Crippen LogP contribution in [0.4, 0.5) is 4.79 Å². The first-order valence-electron chi connectivity index (χ1n) is 9.26. The van der Waals surface area contributed by atoms with Crippen LogP contribution in [0.5, 0.6) is 0 Å². The van der Waals surface area contributed by atoms with Gasteiger partial charge in [-0.15, -0.1) is 0 Å². The Hall–Kier alpha value is -2.41. The molecule has 2 heterocycles. The van der Waals surface area contributed by atoms with Crippen molar-refractivity contribution in [3.05, 3.63) is 59.7 Å². The zero-order valence-electron chi connectivity index (χ0n) is 14.8. The summed E-state index contributed by atoms with van der Waals surface area (Å²) in [4.78, 5) is 14.3. The minimum atomic E-state index is -0.575. The molecule has 2 bridgehead atoms. The Kier molecular flexibility index (Phi) is 4.11. The largest absolute Gasteiger partial charge is 0.448 e. The van der Waals surface area contributed by atoms with Crippen molar-refractivity contribution in [1.82, 2.24) is 4.90 Å². The Morgan fingerprint density at radius 3 is 2.44 bits per heavy atom. The number of amides is 1. The Bertz CT molecular complexity index is 824. The van der Waals surface area contributed by atoms with Crippen molar-refractivity contribution in [2.45, 2.75) is 24.4 Å². The molecule has 140 valence electrons. The molecule has 2 saturated heterocycles. The van der Waals surface area contributed by atoms with E-state index in [1.807, 2.05) is 24.3 Å². The summed E-state index contributed by atoms with van der Waals surface area (Å²) in [6, 6.07) is 15.9. The lowest BCUT2D eigenvalue weighted by molar-refractivity contribution is -0.148. The lowest BCUT2D eigenvalue weighted by atomic mass is 9.98. The summed E-state index contributed by atoms with van der Waals surface area (Å²) >= 11 is 0. The fraction of sp³-hybridized carbons (Fsp3) is 0.381. The molecule has 6 heteroatoms. The zero-order valence-corrected chi connectivity index (χ0v) is 14.8. The average Bonchev–Trinajstić information content (AvgIpc) is 3.25. The molecule has 2 fully saturated rings. The summed E-state index contributed by atoms with van der Waals surface area (Å²) in [5.74, 6) is 0.0166. The van der Waals surface area contributed by atoms with Crippen molar-refractivity contribution < 1.29 is 24.1 Å². The summed E-state index contributed by atoms with van der Waals surface area (Å²) < 4.78 is 16.8. The first-order valence-corrected chi connectivity index (χ1v) is 9.26. The Labute approximate surface area is 157 Å². The van der Waals surface area contributed by atoms with Crippen molar-refractivity contribution in [1.29, 1.82) is 0 Å². The number of fused-ring (bicyclic) bond motifs is 5. The highest BCUT2D eigenvalue weighted by Gasteiger charge is 2.45. The molecule has 0 unspecified atom stereocenters. The topological polar surface area (TPSA) is 68.2 Å². The van der Waals surface area contributed by atoms with Crippen LogP contribution < -0.4 is 0 Å². The van der Waals surface area contributed by atoms with Crippen molar-refractivity contribution in [2.24, 2.45) is 0 Å². The van der Waals surface area contributed by atoms with E-state index in [1.54, 1.807) is 4.90 Å². The van der Waals surface area contributed by atoms with Crippen molar-refractivity contribution >= 4 is 6.09 Å². The second kappa shape index (κ2) is 6.64. The van der Waals surface area contributed by atoms with E-state index in [-0.39, 0.29) is 25.2 Å². The third kappa shape index (κ3) is 2.72. The molecule has 27 heavy (non-hydrogen) atoms. The van der Waals surface area contributed by atoms with Gasteiger partial charge in [0.05, 0.1) is 19.8 Å². The molecule has 2 aromatic carbocycles. The summed E-state index contributed by atoms with van der Waals surface area (Å²) in [6.07, 6.45) is -1.16. The van der Waals surface area contributed by atoms with Crippen LogP contribution in [0.3, 0.4) is 0 Å². The SMILES string of the molecule is O=C(OCC1c2ccccc2-c2ccccc21)N1C[C@H]2CO[C@H](O2)[C@H]1CO. The van der Waals surface area contributed by atoms with Gasteiger partial charge in [-0.25, -0.2) is 4.79 Å². The van der Waals surface area contributed by atoms with E-state index in [9.17, 15) is 9.90 Å². The van der Waals surface area contributed by atoms with Gasteiger partial charge >= 0.3 is 6.09 Å². The van der Waals surface area contributed by atoms with Gasteiger partial charge in [-0.05, 0) is 22.3 Å². The second-order valence-corrected chi connectivity index (χ2v) is 7.17. The third-order valence-corrected chi connectivity index (χ3v) is 5.65. The van der Waals surface area contributed by atoms with Crippen LogP contribution >= 0.6 is 0 Å². The van der Waals surface area contributed by atoms with Gasteiger partial charge in [0.1, 0.15) is 18.8 Å². The molecule has 0 radical (unpaired) electrons. The number of aliphatic hydroxyl groups excluding tert-OH is 1. The lowest BCUT2D eigenvalue weighted by Gasteiger charge is -2.36. The van der Waals surface area contributed by atoms with Crippen LogP contribution in [-0.4, -0.2) is 60.9 Å². The molecule has 2 aliphatic heterocycles. The normalized spacial score (nSPS) is 26.0. The number of hydrogen-bond acceptors (Lipinski definition) is 5. The van der Waals surface area contributed by atoms with E-state index in [2.05, 4.69) is 24.3 Å². The molecule has 1 amide bonds. The molecule has 0 saturated carbocycles. The first kappa shape index (κ1) is 16.7. The maximum absolute atomic E-state index is 12.7. The lowest BCUT2D eigenvalue weighted by Crippen LogP contribution is -2.55. The number of rotatable bonds is 3. The smallest absolute Gasteiger partial charge is 0.410 e. The summed E-state index contributed by atoms with van der Waals surface area (Å²) in [6.45, 7) is 0.854. The van der Waals surface area contributed by atoms with Crippen LogP contribution in [0.2, 0.25) is 0 Å². The summed E-state index contributed by atoms with van der Waals surface area (Å²) in [5, 5.41) is 9.66. The van der Waals surface area contributed by atoms with Crippen LogP contribution in [0.15, 0.2) is 48.5 Å². The quantitative estimate of drug-likeness (QED) is 0.902. The monoisotopic (exact) mass is 367 g/mol. The Balaban J connectivity index is 1.35. The van der Waals surface area contributed by atoms with E-state index in [0.717, 1.165) is 0 Å². The molecule has 0 aromatic heterocycles. The number of aliphatic hydroxyl groups is 1. The van der Waals surface area contributed by atoms with E-state index in [1.165, 1.54) is 22.3 Å². The maximum Gasteiger partial charge on any atom is 0.410 e. The van der Waals surface area contributed by atoms with Gasteiger partial charge < -0.3 is 19.3 Å². The number of hydrogen-bond donors (Lipinski definition) is 1. The number of ether oxygens (including phenoxy) is 3. The van der Waals surface area contributed by atoms with Crippen molar-refractivity contribution in [2.75, 3.05) is 26.4 Å². The minimum Gasteiger partial charge on any atom is -0.448 e. The van der Waals surface area contributed by atoms with Crippen LogP contribution in [-0.2, 0) is 14.2 Å². The molecule has 6 nitrogen and oxygen atoms in total. The van der Waals surface area contributed by atoms with E-state index in [4.69, 9.17) is 14.2 Å². The molecule has 0 spiro atoms. The van der Waals surface area contributed by atoms with Gasteiger partial charge in [0.15, 0.2) is 6.29 Å². The number of morpholine rings is 1. The summed E-state index contributed by atoms with van der Waals surface area (Å²) in [5.41, 5.74) is 4.74. The van der Waals surface area contributed by atoms with Crippen molar-refractivity contribution in [3.8, 4) is 11.1 Å². The maximum atomic E-state index is 12.7. The fourth-order valence-corrected chi connectivity index (χ4v) is 4.34. The first-order chi connectivity index (χ1) is 13.3. The molecule has 2 aromatic rings. The van der Waals surface area contributed by atoms with Crippen LogP contribution in [0.25, 0.3) is 11.1 Å². The van der Waals surface area contributed by atoms with E-state index < -0.39 is 18.4 Å². The highest BCUT2D eigenvalue weighted by molar-refractivity contribution is 5.79. The predicted molar refractivity (Wildman–Crippen MR) is 97.3 cm³/mol. The molecular weight excluding hydrogens is 346 g/mol. The van der Waals surface area contributed by atoms with Crippen LogP contribution in [0.1, 0.15) is 17.0 Å².